The van der Waals surface area contributed by atoms with Gasteiger partial charge < -0.3 is 19.9 Å². The fourth-order valence-corrected chi connectivity index (χ4v) is 4.64. The number of nitrogens with one attached hydrogen (secondary N) is 1. The highest BCUT2D eigenvalue weighted by Crippen LogP contribution is 2.44. The van der Waals surface area contributed by atoms with E-state index >= 15 is 0 Å². The lowest BCUT2D eigenvalue weighted by molar-refractivity contribution is 0.0555. The second-order valence-corrected chi connectivity index (χ2v) is 9.36. The van der Waals surface area contributed by atoms with Gasteiger partial charge in [-0.1, -0.05) is 13.8 Å². The molecular formula is C23H24F3N3O4. The third kappa shape index (κ3) is 3.77. The summed E-state index contributed by atoms with van der Waals surface area (Å²) >= 11 is 0. The van der Waals surface area contributed by atoms with Gasteiger partial charge in [0.15, 0.2) is 11.4 Å². The Kier molecular flexibility index (Phi) is 5.50. The molecule has 0 aliphatic carbocycles. The first-order valence-electron chi connectivity index (χ1n) is 10.6. The number of benzene rings is 1. The van der Waals surface area contributed by atoms with Crippen LogP contribution in [0.5, 0.6) is 5.75 Å². The molecule has 33 heavy (non-hydrogen) atoms. The van der Waals surface area contributed by atoms with Gasteiger partial charge in [-0.15, -0.1) is 0 Å². The first kappa shape index (κ1) is 22.9. The number of nitrogens with zero attached hydrogens (tertiary/aromatic N) is 2. The van der Waals surface area contributed by atoms with E-state index in [9.17, 15) is 32.7 Å². The van der Waals surface area contributed by atoms with Crippen molar-refractivity contribution >= 4 is 11.8 Å². The van der Waals surface area contributed by atoms with Crippen molar-refractivity contribution in [2.75, 3.05) is 6.54 Å². The lowest BCUT2D eigenvalue weighted by Gasteiger charge is -2.42. The predicted molar refractivity (Wildman–Crippen MR) is 112 cm³/mol. The van der Waals surface area contributed by atoms with Crippen LogP contribution in [-0.2, 0) is 6.54 Å². The number of hydrogen-bond acceptors (Lipinski definition) is 4. The summed E-state index contributed by atoms with van der Waals surface area (Å²) in [6.07, 6.45) is 2.75. The minimum atomic E-state index is -1.18. The molecule has 0 radical (unpaired) electrons. The Morgan fingerprint density at radius 2 is 1.85 bits per heavy atom. The van der Waals surface area contributed by atoms with Crippen molar-refractivity contribution in [2.24, 2.45) is 5.41 Å². The monoisotopic (exact) mass is 463 g/mol. The first-order valence-corrected chi connectivity index (χ1v) is 10.6. The molecule has 10 heteroatoms. The summed E-state index contributed by atoms with van der Waals surface area (Å²) in [5, 5.41) is 12.9. The van der Waals surface area contributed by atoms with E-state index in [4.69, 9.17) is 0 Å². The number of hydrogen-bond donors (Lipinski definition) is 2. The Morgan fingerprint density at radius 1 is 1.21 bits per heavy atom. The van der Waals surface area contributed by atoms with E-state index in [-0.39, 0.29) is 23.2 Å². The Bertz CT molecular complexity index is 1200. The molecule has 2 bridgehead atoms. The quantitative estimate of drug-likeness (QED) is 0.732. The maximum Gasteiger partial charge on any atom is 0.274 e. The van der Waals surface area contributed by atoms with Crippen LogP contribution in [0.15, 0.2) is 23.1 Å². The topological polar surface area (TPSA) is 91.6 Å². The maximum absolute atomic E-state index is 13.9. The number of aromatic hydroxyl groups is 1. The van der Waals surface area contributed by atoms with Crippen molar-refractivity contribution in [3.63, 3.8) is 0 Å². The number of carbonyl (C=O) groups is 2. The normalized spacial score (nSPS) is 21.4. The summed E-state index contributed by atoms with van der Waals surface area (Å²) in [4.78, 5) is 40.2. The maximum atomic E-state index is 13.9. The lowest BCUT2D eigenvalue weighted by Crippen LogP contribution is -2.49. The summed E-state index contributed by atoms with van der Waals surface area (Å²) in [5.74, 6) is -5.78. The fourth-order valence-electron chi connectivity index (χ4n) is 4.64. The number of amides is 2. The zero-order valence-electron chi connectivity index (χ0n) is 18.4. The second kappa shape index (κ2) is 7.93. The zero-order valence-corrected chi connectivity index (χ0v) is 18.4. The van der Waals surface area contributed by atoms with E-state index in [0.717, 1.165) is 12.8 Å². The van der Waals surface area contributed by atoms with E-state index in [2.05, 4.69) is 5.32 Å². The molecule has 7 nitrogen and oxygen atoms in total. The highest BCUT2D eigenvalue weighted by atomic mass is 19.1. The van der Waals surface area contributed by atoms with E-state index in [0.29, 0.717) is 18.7 Å². The molecule has 0 unspecified atom stereocenters. The zero-order chi connectivity index (χ0) is 24.2. The highest BCUT2D eigenvalue weighted by molar-refractivity contribution is 5.99. The average molecular weight is 463 g/mol. The van der Waals surface area contributed by atoms with Crippen LogP contribution in [0.3, 0.4) is 0 Å². The standard InChI is InChI=1S/C23H24F3N3O4/c1-11-4-5-23(2,3)17-10-28(11)22(33)18-20(31)19(30)14(9-29(17)18)21(32)27-8-13-15(25)6-12(24)7-16(13)26/h6-7,9,11,17,31H,4-5,8,10H2,1-3H3,(H,27,32)/t11-,17+/m0/s1. The molecule has 0 spiro atoms. The van der Waals surface area contributed by atoms with Gasteiger partial charge in [-0.3, -0.25) is 14.4 Å². The molecule has 1 aromatic carbocycles. The number of aromatic nitrogens is 1. The first-order chi connectivity index (χ1) is 15.4. The summed E-state index contributed by atoms with van der Waals surface area (Å²) in [6, 6.07) is 0.585. The molecule has 3 heterocycles. The summed E-state index contributed by atoms with van der Waals surface area (Å²) in [6.45, 7) is 5.66. The molecule has 176 valence electrons. The molecule has 1 saturated heterocycles. The molecular weight excluding hydrogens is 439 g/mol. The molecule has 0 saturated carbocycles. The third-order valence-electron chi connectivity index (χ3n) is 6.80. The van der Waals surface area contributed by atoms with E-state index < -0.39 is 58.1 Å². The van der Waals surface area contributed by atoms with Crippen LogP contribution in [0.2, 0.25) is 0 Å². The van der Waals surface area contributed by atoms with E-state index in [1.807, 2.05) is 20.8 Å². The highest BCUT2D eigenvalue weighted by Gasteiger charge is 2.45. The molecule has 2 atom stereocenters. The average Bonchev–Trinajstić information content (AvgIpc) is 2.83. The van der Waals surface area contributed by atoms with Gasteiger partial charge in [0, 0.05) is 43.0 Å². The Morgan fingerprint density at radius 3 is 2.48 bits per heavy atom. The molecule has 2 aromatic rings. The third-order valence-corrected chi connectivity index (χ3v) is 6.80. The minimum Gasteiger partial charge on any atom is -0.503 e. The molecule has 2 N–H and O–H groups in total. The number of fused-ring (bicyclic) bond motifs is 4. The summed E-state index contributed by atoms with van der Waals surface area (Å²) < 4.78 is 42.4. The Labute approximate surface area is 187 Å². The smallest absolute Gasteiger partial charge is 0.274 e. The largest absolute Gasteiger partial charge is 0.503 e. The van der Waals surface area contributed by atoms with Crippen LogP contribution >= 0.6 is 0 Å². The van der Waals surface area contributed by atoms with Gasteiger partial charge >= 0.3 is 0 Å². The Balaban J connectivity index is 1.73. The molecule has 1 aromatic heterocycles. The fraction of sp³-hybridized carbons (Fsp3) is 0.435. The van der Waals surface area contributed by atoms with E-state index in [1.165, 1.54) is 10.8 Å². The molecule has 2 aliphatic heterocycles. The second-order valence-electron chi connectivity index (χ2n) is 9.36. The molecule has 2 amide bonds. The van der Waals surface area contributed by atoms with Crippen LogP contribution in [0.4, 0.5) is 13.2 Å². The number of pyridine rings is 1. The van der Waals surface area contributed by atoms with Crippen molar-refractivity contribution in [1.82, 2.24) is 14.8 Å². The van der Waals surface area contributed by atoms with Crippen LogP contribution in [0, 0.1) is 22.9 Å². The van der Waals surface area contributed by atoms with Gasteiger partial charge in [-0.2, -0.15) is 0 Å². The van der Waals surface area contributed by atoms with Crippen molar-refractivity contribution in [2.45, 2.75) is 52.2 Å². The number of rotatable bonds is 3. The van der Waals surface area contributed by atoms with Gasteiger partial charge in [0.25, 0.3) is 11.8 Å². The lowest BCUT2D eigenvalue weighted by atomic mass is 9.79. The van der Waals surface area contributed by atoms with Crippen molar-refractivity contribution < 1.29 is 27.9 Å². The minimum absolute atomic E-state index is 0.0755. The van der Waals surface area contributed by atoms with Crippen LogP contribution in [0.1, 0.15) is 66.1 Å². The predicted octanol–water partition coefficient (Wildman–Crippen LogP) is 3.11. The van der Waals surface area contributed by atoms with Crippen molar-refractivity contribution in [3.8, 4) is 5.75 Å². The summed E-state index contributed by atoms with van der Waals surface area (Å²) in [7, 11) is 0. The molecule has 1 fully saturated rings. The van der Waals surface area contributed by atoms with Gasteiger partial charge in [0.2, 0.25) is 5.43 Å². The van der Waals surface area contributed by atoms with Gasteiger partial charge in [-0.05, 0) is 25.2 Å². The SMILES string of the molecule is C[C@H]1CCC(C)(C)[C@H]2CN1C(=O)c1c(O)c(=O)c(C(=O)NCc3c(F)cc(F)cc3F)cn12. The Hall–Kier alpha value is -3.30. The van der Waals surface area contributed by atoms with Crippen LogP contribution in [0.25, 0.3) is 0 Å². The van der Waals surface area contributed by atoms with Crippen molar-refractivity contribution in [1.29, 1.82) is 0 Å². The number of halogens is 3. The molecule has 4 rings (SSSR count). The van der Waals surface area contributed by atoms with Gasteiger partial charge in [-0.25, -0.2) is 13.2 Å². The van der Waals surface area contributed by atoms with Crippen LogP contribution < -0.4 is 10.7 Å². The van der Waals surface area contributed by atoms with Crippen LogP contribution in [-0.4, -0.2) is 39.0 Å². The van der Waals surface area contributed by atoms with Gasteiger partial charge in [0.05, 0.1) is 6.04 Å². The van der Waals surface area contributed by atoms with Crippen molar-refractivity contribution in [3.05, 3.63) is 62.8 Å². The summed E-state index contributed by atoms with van der Waals surface area (Å²) in [5.41, 5.74) is -2.58. The number of carbonyl (C=O) groups excluding carboxylic acids is 2. The van der Waals surface area contributed by atoms with Gasteiger partial charge in [0.1, 0.15) is 23.0 Å². The van der Waals surface area contributed by atoms with E-state index in [1.54, 1.807) is 4.90 Å². The molecule has 2 aliphatic rings.